The van der Waals surface area contributed by atoms with Gasteiger partial charge in [-0.2, -0.15) is 0 Å². The zero-order chi connectivity index (χ0) is 16.2. The van der Waals surface area contributed by atoms with Crippen LogP contribution < -0.4 is 4.74 Å². The van der Waals surface area contributed by atoms with Gasteiger partial charge in [-0.15, -0.1) is 0 Å². The minimum atomic E-state index is 0.462. The Morgan fingerprint density at radius 3 is 2.13 bits per heavy atom. The van der Waals surface area contributed by atoms with E-state index in [0.717, 1.165) is 5.75 Å². The first-order valence-corrected chi connectivity index (χ1v) is 10.1. The fourth-order valence-corrected chi connectivity index (χ4v) is 3.62. The second-order valence-electron chi connectivity index (χ2n) is 7.21. The van der Waals surface area contributed by atoms with E-state index in [1.54, 1.807) is 0 Å². The van der Waals surface area contributed by atoms with E-state index in [4.69, 9.17) is 4.74 Å². The maximum absolute atomic E-state index is 6.12. The largest absolute Gasteiger partial charge is 0.490 e. The van der Waals surface area contributed by atoms with E-state index in [1.165, 1.54) is 95.5 Å². The predicted octanol–water partition coefficient (Wildman–Crippen LogP) is 7.08. The van der Waals surface area contributed by atoms with Gasteiger partial charge in [-0.1, -0.05) is 89.3 Å². The van der Waals surface area contributed by atoms with E-state index in [0.29, 0.717) is 6.10 Å². The molecule has 130 valence electrons. The molecule has 1 heteroatoms. The van der Waals surface area contributed by atoms with Crippen LogP contribution in [-0.4, -0.2) is 6.10 Å². The number of aryl methyl sites for hydroxylation is 1. The molecule has 1 aliphatic heterocycles. The molecule has 0 bridgehead atoms. The van der Waals surface area contributed by atoms with E-state index in [9.17, 15) is 0 Å². The van der Waals surface area contributed by atoms with E-state index in [2.05, 4.69) is 31.2 Å². The van der Waals surface area contributed by atoms with Crippen molar-refractivity contribution in [2.75, 3.05) is 0 Å². The fraction of sp³-hybridized carbons (Fsp3) is 0.727. The summed E-state index contributed by atoms with van der Waals surface area (Å²) in [5.74, 6) is 1.13. The Kier molecular flexibility index (Phi) is 9.21. The summed E-state index contributed by atoms with van der Waals surface area (Å²) in [4.78, 5) is 0. The Labute approximate surface area is 143 Å². The van der Waals surface area contributed by atoms with Crippen molar-refractivity contribution in [3.8, 4) is 5.75 Å². The number of benzene rings is 1. The van der Waals surface area contributed by atoms with Gasteiger partial charge in [0.1, 0.15) is 5.75 Å². The lowest BCUT2D eigenvalue weighted by Crippen LogP contribution is -2.22. The van der Waals surface area contributed by atoms with Gasteiger partial charge in [0.2, 0.25) is 0 Å². The topological polar surface area (TPSA) is 9.23 Å². The number of rotatable bonds is 12. The number of para-hydroxylation sites is 1. The van der Waals surface area contributed by atoms with E-state index >= 15 is 0 Å². The molecule has 0 aromatic heterocycles. The molecule has 0 radical (unpaired) electrons. The van der Waals surface area contributed by atoms with Crippen molar-refractivity contribution in [2.45, 2.75) is 103 Å². The molecule has 0 fully saturated rings. The number of unbranched alkanes of at least 4 members (excludes halogenated alkanes) is 10. The summed E-state index contributed by atoms with van der Waals surface area (Å²) in [6, 6.07) is 8.53. The SMILES string of the molecule is CCCCCCCCCCCCCC1CCc2ccccc2O1. The summed E-state index contributed by atoms with van der Waals surface area (Å²) in [5, 5.41) is 0. The summed E-state index contributed by atoms with van der Waals surface area (Å²) in [6.07, 6.45) is 19.7. The lowest BCUT2D eigenvalue weighted by Gasteiger charge is -2.26. The predicted molar refractivity (Wildman–Crippen MR) is 100 cm³/mol. The number of fused-ring (bicyclic) bond motifs is 1. The molecule has 1 nitrogen and oxygen atoms in total. The van der Waals surface area contributed by atoms with Gasteiger partial charge in [-0.3, -0.25) is 0 Å². The van der Waals surface area contributed by atoms with Gasteiger partial charge in [0.05, 0.1) is 6.10 Å². The molecule has 1 aromatic rings. The molecule has 23 heavy (non-hydrogen) atoms. The molecule has 1 aromatic carbocycles. The highest BCUT2D eigenvalue weighted by Gasteiger charge is 2.18. The van der Waals surface area contributed by atoms with Gasteiger partial charge in [-0.25, -0.2) is 0 Å². The second kappa shape index (κ2) is 11.5. The van der Waals surface area contributed by atoms with Crippen molar-refractivity contribution >= 4 is 0 Å². The van der Waals surface area contributed by atoms with Crippen LogP contribution in [0.2, 0.25) is 0 Å². The number of hydrogen-bond donors (Lipinski definition) is 0. The van der Waals surface area contributed by atoms with Gasteiger partial charge in [0.15, 0.2) is 0 Å². The molecule has 1 unspecified atom stereocenters. The molecule has 1 atom stereocenters. The molecule has 0 aliphatic carbocycles. The summed E-state index contributed by atoms with van der Waals surface area (Å²) in [5.41, 5.74) is 1.39. The quantitative estimate of drug-likeness (QED) is 0.374. The average molecular weight is 317 g/mol. The third-order valence-electron chi connectivity index (χ3n) is 5.13. The maximum atomic E-state index is 6.12. The van der Waals surface area contributed by atoms with Crippen molar-refractivity contribution < 1.29 is 4.74 Å². The fourth-order valence-electron chi connectivity index (χ4n) is 3.62. The van der Waals surface area contributed by atoms with Crippen LogP contribution in [0, 0.1) is 0 Å². The van der Waals surface area contributed by atoms with Crippen LogP contribution in [0.15, 0.2) is 24.3 Å². The Morgan fingerprint density at radius 2 is 1.43 bits per heavy atom. The van der Waals surface area contributed by atoms with Gasteiger partial charge in [0, 0.05) is 0 Å². The van der Waals surface area contributed by atoms with E-state index < -0.39 is 0 Å². The Morgan fingerprint density at radius 1 is 0.826 bits per heavy atom. The van der Waals surface area contributed by atoms with Crippen molar-refractivity contribution in [3.05, 3.63) is 29.8 Å². The highest BCUT2D eigenvalue weighted by atomic mass is 16.5. The lowest BCUT2D eigenvalue weighted by atomic mass is 9.98. The number of hydrogen-bond acceptors (Lipinski definition) is 1. The summed E-state index contributed by atoms with van der Waals surface area (Å²) >= 11 is 0. The molecule has 0 saturated carbocycles. The van der Waals surface area contributed by atoms with Crippen molar-refractivity contribution in [3.63, 3.8) is 0 Å². The lowest BCUT2D eigenvalue weighted by molar-refractivity contribution is 0.160. The van der Waals surface area contributed by atoms with Crippen LogP contribution in [0.4, 0.5) is 0 Å². The maximum Gasteiger partial charge on any atom is 0.122 e. The van der Waals surface area contributed by atoms with Crippen LogP contribution in [-0.2, 0) is 6.42 Å². The first kappa shape index (κ1) is 18.4. The van der Waals surface area contributed by atoms with Crippen LogP contribution >= 0.6 is 0 Å². The molecule has 2 rings (SSSR count). The minimum Gasteiger partial charge on any atom is -0.490 e. The van der Waals surface area contributed by atoms with Gasteiger partial charge in [0.25, 0.3) is 0 Å². The molecule has 0 spiro atoms. The highest BCUT2D eigenvalue weighted by molar-refractivity contribution is 5.35. The van der Waals surface area contributed by atoms with Crippen LogP contribution in [0.5, 0.6) is 5.75 Å². The first-order chi connectivity index (χ1) is 11.4. The number of ether oxygens (including phenoxy) is 1. The monoisotopic (exact) mass is 316 g/mol. The standard InChI is InChI=1S/C22H36O/c1-2-3-4-5-6-7-8-9-10-11-12-16-21-19-18-20-15-13-14-17-22(20)23-21/h13-15,17,21H,2-12,16,18-19H2,1H3. The Bertz CT molecular complexity index is 412. The van der Waals surface area contributed by atoms with Crippen molar-refractivity contribution in [1.82, 2.24) is 0 Å². The first-order valence-electron chi connectivity index (χ1n) is 10.1. The average Bonchev–Trinajstić information content (AvgIpc) is 2.59. The summed E-state index contributed by atoms with van der Waals surface area (Å²) in [7, 11) is 0. The van der Waals surface area contributed by atoms with Gasteiger partial charge >= 0.3 is 0 Å². The third-order valence-corrected chi connectivity index (χ3v) is 5.13. The van der Waals surface area contributed by atoms with Gasteiger partial charge < -0.3 is 4.74 Å². The summed E-state index contributed by atoms with van der Waals surface area (Å²) in [6.45, 7) is 2.29. The van der Waals surface area contributed by atoms with E-state index in [1.807, 2.05) is 0 Å². The molecule has 0 amide bonds. The zero-order valence-electron chi connectivity index (χ0n) is 15.2. The molecule has 1 heterocycles. The molecule has 0 N–H and O–H groups in total. The molecular formula is C22H36O. The Hall–Kier alpha value is -0.980. The van der Waals surface area contributed by atoms with Crippen molar-refractivity contribution in [1.29, 1.82) is 0 Å². The van der Waals surface area contributed by atoms with Crippen LogP contribution in [0.1, 0.15) is 96.0 Å². The zero-order valence-corrected chi connectivity index (χ0v) is 15.2. The minimum absolute atomic E-state index is 0.462. The second-order valence-corrected chi connectivity index (χ2v) is 7.21. The molecule has 0 saturated heterocycles. The third kappa shape index (κ3) is 7.42. The van der Waals surface area contributed by atoms with Crippen molar-refractivity contribution in [2.24, 2.45) is 0 Å². The normalized spacial score (nSPS) is 16.8. The molecular weight excluding hydrogens is 280 g/mol. The van der Waals surface area contributed by atoms with Gasteiger partial charge in [-0.05, 0) is 37.3 Å². The summed E-state index contributed by atoms with van der Waals surface area (Å²) < 4.78 is 6.12. The van der Waals surface area contributed by atoms with E-state index in [-0.39, 0.29) is 0 Å². The smallest absolute Gasteiger partial charge is 0.122 e. The van der Waals surface area contributed by atoms with Crippen LogP contribution in [0.3, 0.4) is 0 Å². The highest BCUT2D eigenvalue weighted by Crippen LogP contribution is 2.29. The van der Waals surface area contributed by atoms with Crippen LogP contribution in [0.25, 0.3) is 0 Å². The Balaban J connectivity index is 1.41. The molecule has 1 aliphatic rings.